The SMILES string of the molecule is Cc1nn(-c2ccccc2)c2sc(C(=O)NN=Cc3ccc(Cl)cc3Cl)cc12. The number of rotatable bonds is 4. The third-order valence-corrected chi connectivity index (χ3v) is 5.77. The molecule has 140 valence electrons. The maximum atomic E-state index is 12.5. The van der Waals surface area contributed by atoms with E-state index in [0.717, 1.165) is 21.6 Å². The number of aryl methyl sites for hydroxylation is 1. The van der Waals surface area contributed by atoms with Crippen LogP contribution in [0.1, 0.15) is 20.9 Å². The normalized spacial score (nSPS) is 11.4. The van der Waals surface area contributed by atoms with Gasteiger partial charge < -0.3 is 0 Å². The maximum Gasteiger partial charge on any atom is 0.281 e. The van der Waals surface area contributed by atoms with E-state index in [-0.39, 0.29) is 5.91 Å². The monoisotopic (exact) mass is 428 g/mol. The van der Waals surface area contributed by atoms with Crippen LogP contribution in [0.2, 0.25) is 10.0 Å². The summed E-state index contributed by atoms with van der Waals surface area (Å²) in [6.07, 6.45) is 1.49. The molecule has 0 radical (unpaired) electrons. The number of thiophene rings is 1. The van der Waals surface area contributed by atoms with Crippen molar-refractivity contribution >= 4 is 56.9 Å². The van der Waals surface area contributed by atoms with Gasteiger partial charge in [0.2, 0.25) is 0 Å². The fourth-order valence-corrected chi connectivity index (χ4v) is 4.26. The highest BCUT2D eigenvalue weighted by Crippen LogP contribution is 2.30. The highest BCUT2D eigenvalue weighted by molar-refractivity contribution is 7.20. The average Bonchev–Trinajstić information content (AvgIpc) is 3.25. The van der Waals surface area contributed by atoms with Crippen LogP contribution in [0.4, 0.5) is 0 Å². The number of nitrogens with one attached hydrogen (secondary N) is 1. The summed E-state index contributed by atoms with van der Waals surface area (Å²) in [6.45, 7) is 1.93. The van der Waals surface area contributed by atoms with Crippen LogP contribution in [0.15, 0.2) is 59.7 Å². The molecule has 0 aliphatic carbocycles. The Labute approximate surface area is 175 Å². The summed E-state index contributed by atoms with van der Waals surface area (Å²) >= 11 is 13.3. The van der Waals surface area contributed by atoms with Gasteiger partial charge in [-0.3, -0.25) is 4.79 Å². The molecule has 2 aromatic carbocycles. The van der Waals surface area contributed by atoms with Crippen molar-refractivity contribution in [2.75, 3.05) is 0 Å². The van der Waals surface area contributed by atoms with Crippen LogP contribution in [0.5, 0.6) is 0 Å². The number of hydrazone groups is 1. The summed E-state index contributed by atoms with van der Waals surface area (Å²) in [5, 5.41) is 10.5. The highest BCUT2D eigenvalue weighted by atomic mass is 35.5. The molecule has 0 saturated carbocycles. The van der Waals surface area contributed by atoms with Gasteiger partial charge in [0.05, 0.1) is 27.5 Å². The number of fused-ring (bicyclic) bond motifs is 1. The number of aromatic nitrogens is 2. The van der Waals surface area contributed by atoms with Crippen LogP contribution >= 0.6 is 34.5 Å². The number of halogens is 2. The van der Waals surface area contributed by atoms with Gasteiger partial charge in [0.1, 0.15) is 4.83 Å². The zero-order valence-electron chi connectivity index (χ0n) is 14.7. The molecule has 5 nitrogen and oxygen atoms in total. The standard InChI is InChI=1S/C20H14Cl2N4OS/c1-12-16-10-18(28-20(16)26(25-12)15-5-3-2-4-6-15)19(27)24-23-11-13-7-8-14(21)9-17(13)22/h2-11H,1H3,(H,24,27). The van der Waals surface area contributed by atoms with Crippen molar-refractivity contribution in [2.24, 2.45) is 5.10 Å². The van der Waals surface area contributed by atoms with Crippen molar-refractivity contribution in [1.29, 1.82) is 0 Å². The number of nitrogens with zero attached hydrogens (tertiary/aromatic N) is 3. The minimum absolute atomic E-state index is 0.290. The van der Waals surface area contributed by atoms with Gasteiger partial charge in [-0.2, -0.15) is 10.2 Å². The molecule has 1 amide bonds. The summed E-state index contributed by atoms with van der Waals surface area (Å²) in [5.41, 5.74) is 5.02. The van der Waals surface area contributed by atoms with Crippen molar-refractivity contribution in [3.05, 3.63) is 80.8 Å². The summed E-state index contributed by atoms with van der Waals surface area (Å²) < 4.78 is 1.85. The van der Waals surface area contributed by atoms with Crippen LogP contribution in [-0.2, 0) is 0 Å². The molecule has 1 N–H and O–H groups in total. The Morgan fingerprint density at radius 1 is 1.18 bits per heavy atom. The lowest BCUT2D eigenvalue weighted by Gasteiger charge is -2.01. The first-order chi connectivity index (χ1) is 13.5. The van der Waals surface area contributed by atoms with Gasteiger partial charge in [-0.1, -0.05) is 47.5 Å². The van der Waals surface area contributed by atoms with Crippen molar-refractivity contribution in [1.82, 2.24) is 15.2 Å². The summed E-state index contributed by atoms with van der Waals surface area (Å²) in [5.74, 6) is -0.290. The van der Waals surface area contributed by atoms with E-state index in [1.807, 2.05) is 48.0 Å². The maximum absolute atomic E-state index is 12.5. The van der Waals surface area contributed by atoms with Crippen molar-refractivity contribution < 1.29 is 4.79 Å². The third-order valence-electron chi connectivity index (χ3n) is 4.10. The molecule has 0 aliphatic rings. The topological polar surface area (TPSA) is 59.3 Å². The van der Waals surface area contributed by atoms with Gasteiger partial charge >= 0.3 is 0 Å². The molecule has 0 fully saturated rings. The predicted molar refractivity (Wildman–Crippen MR) is 115 cm³/mol. The van der Waals surface area contributed by atoms with E-state index >= 15 is 0 Å². The second-order valence-corrected chi connectivity index (χ2v) is 7.90. The number of hydrogen-bond acceptors (Lipinski definition) is 4. The van der Waals surface area contributed by atoms with Gasteiger partial charge in [0, 0.05) is 16.0 Å². The van der Waals surface area contributed by atoms with Crippen LogP contribution in [0.3, 0.4) is 0 Å². The number of hydrogen-bond donors (Lipinski definition) is 1. The summed E-state index contributed by atoms with van der Waals surface area (Å²) in [4.78, 5) is 14.0. The first kappa shape index (κ1) is 18.7. The molecule has 0 unspecified atom stereocenters. The Kier molecular flexibility index (Phi) is 5.17. The van der Waals surface area contributed by atoms with Crippen LogP contribution in [0, 0.1) is 6.92 Å². The molecular formula is C20H14Cl2N4OS. The Hall–Kier alpha value is -2.67. The number of para-hydroxylation sites is 1. The highest BCUT2D eigenvalue weighted by Gasteiger charge is 2.16. The molecule has 2 aromatic heterocycles. The summed E-state index contributed by atoms with van der Waals surface area (Å²) in [6, 6.07) is 16.7. The Balaban J connectivity index is 1.57. The minimum Gasteiger partial charge on any atom is -0.266 e. The van der Waals surface area contributed by atoms with E-state index in [9.17, 15) is 4.79 Å². The second kappa shape index (κ2) is 7.75. The average molecular weight is 429 g/mol. The first-order valence-corrected chi connectivity index (χ1v) is 9.93. The van der Waals surface area contributed by atoms with Crippen LogP contribution in [-0.4, -0.2) is 21.9 Å². The van der Waals surface area contributed by atoms with E-state index in [1.165, 1.54) is 17.6 Å². The zero-order valence-corrected chi connectivity index (χ0v) is 17.0. The predicted octanol–water partition coefficient (Wildman–Crippen LogP) is 5.47. The van der Waals surface area contributed by atoms with Gasteiger partial charge in [0.15, 0.2) is 0 Å². The molecule has 0 saturated heterocycles. The number of benzene rings is 2. The molecular weight excluding hydrogens is 415 g/mol. The molecule has 0 atom stereocenters. The summed E-state index contributed by atoms with van der Waals surface area (Å²) in [7, 11) is 0. The lowest BCUT2D eigenvalue weighted by Crippen LogP contribution is -2.16. The minimum atomic E-state index is -0.290. The number of amides is 1. The van der Waals surface area contributed by atoms with Crippen LogP contribution < -0.4 is 5.43 Å². The fraction of sp³-hybridized carbons (Fsp3) is 0.0500. The van der Waals surface area contributed by atoms with Crippen molar-refractivity contribution in [3.8, 4) is 5.69 Å². The smallest absolute Gasteiger partial charge is 0.266 e. The quantitative estimate of drug-likeness (QED) is 0.346. The number of carbonyl (C=O) groups is 1. The van der Waals surface area contributed by atoms with Gasteiger partial charge in [-0.05, 0) is 37.3 Å². The zero-order chi connectivity index (χ0) is 19.7. The number of carbonyl (C=O) groups excluding carboxylic acids is 1. The first-order valence-electron chi connectivity index (χ1n) is 8.36. The van der Waals surface area contributed by atoms with E-state index < -0.39 is 0 Å². The lowest BCUT2D eigenvalue weighted by molar-refractivity contribution is 0.0959. The Morgan fingerprint density at radius 2 is 1.96 bits per heavy atom. The fourth-order valence-electron chi connectivity index (χ4n) is 2.73. The van der Waals surface area contributed by atoms with Crippen molar-refractivity contribution in [3.63, 3.8) is 0 Å². The second-order valence-electron chi connectivity index (χ2n) is 6.03. The molecule has 0 aliphatic heterocycles. The lowest BCUT2D eigenvalue weighted by atomic mass is 10.2. The Morgan fingerprint density at radius 3 is 2.71 bits per heavy atom. The third kappa shape index (κ3) is 3.67. The molecule has 28 heavy (non-hydrogen) atoms. The van der Waals surface area contributed by atoms with E-state index in [2.05, 4.69) is 15.6 Å². The van der Waals surface area contributed by atoms with E-state index in [0.29, 0.717) is 20.5 Å². The van der Waals surface area contributed by atoms with Gasteiger partial charge in [0.25, 0.3) is 5.91 Å². The van der Waals surface area contributed by atoms with E-state index in [4.69, 9.17) is 23.2 Å². The molecule has 0 spiro atoms. The van der Waals surface area contributed by atoms with E-state index in [1.54, 1.807) is 18.2 Å². The van der Waals surface area contributed by atoms with Crippen LogP contribution in [0.25, 0.3) is 15.9 Å². The largest absolute Gasteiger partial charge is 0.281 e. The molecule has 4 aromatic rings. The Bertz CT molecular complexity index is 1200. The van der Waals surface area contributed by atoms with Gasteiger partial charge in [-0.15, -0.1) is 11.3 Å². The van der Waals surface area contributed by atoms with Crippen molar-refractivity contribution in [2.45, 2.75) is 6.92 Å². The molecule has 4 rings (SSSR count). The van der Waals surface area contributed by atoms with Gasteiger partial charge in [-0.25, -0.2) is 10.1 Å². The molecule has 8 heteroatoms. The molecule has 0 bridgehead atoms. The molecule has 2 heterocycles.